The van der Waals surface area contributed by atoms with Crippen molar-refractivity contribution in [3.05, 3.63) is 17.5 Å². The number of allylic oxidation sites excluding steroid dienone is 2. The van der Waals surface area contributed by atoms with Crippen molar-refractivity contribution < 1.29 is 18.0 Å². The summed E-state index contributed by atoms with van der Waals surface area (Å²) in [6, 6.07) is 1.06. The Morgan fingerprint density at radius 3 is 2.51 bits per heavy atom. The molecular formula is C30H47F2N5O2. The SMILES string of the molecule is CC1CCCC(NCC2CCN(CCC3CCN(c4nc(C(N)=O)c(C5=CC(F)CC(F)C5)o4)CC3)CC2)C1. The third-order valence-corrected chi connectivity index (χ3v) is 9.52. The number of nitrogens with zero attached hydrogens (tertiary/aromatic N) is 3. The quantitative estimate of drug-likeness (QED) is 0.447. The van der Waals surface area contributed by atoms with E-state index < -0.39 is 18.3 Å². The average molecular weight is 548 g/mol. The number of rotatable bonds is 9. The maximum absolute atomic E-state index is 14.0. The zero-order chi connectivity index (χ0) is 27.4. The van der Waals surface area contributed by atoms with E-state index >= 15 is 0 Å². The average Bonchev–Trinajstić information content (AvgIpc) is 3.37. The van der Waals surface area contributed by atoms with Crippen LogP contribution in [-0.2, 0) is 0 Å². The molecule has 3 heterocycles. The van der Waals surface area contributed by atoms with E-state index in [1.54, 1.807) is 0 Å². The molecule has 0 aromatic carbocycles. The van der Waals surface area contributed by atoms with Crippen LogP contribution in [0.1, 0.15) is 93.8 Å². The first-order valence-electron chi connectivity index (χ1n) is 15.3. The number of carbonyl (C=O) groups excluding carboxylic acids is 1. The van der Waals surface area contributed by atoms with Gasteiger partial charge in [0.05, 0.1) is 0 Å². The van der Waals surface area contributed by atoms with Crippen LogP contribution in [0.4, 0.5) is 14.8 Å². The number of oxazole rings is 1. The van der Waals surface area contributed by atoms with Crippen molar-refractivity contribution in [2.24, 2.45) is 23.5 Å². The van der Waals surface area contributed by atoms with Crippen molar-refractivity contribution in [2.75, 3.05) is 44.2 Å². The molecule has 7 nitrogen and oxygen atoms in total. The van der Waals surface area contributed by atoms with E-state index in [9.17, 15) is 13.6 Å². The molecule has 218 valence electrons. The molecule has 4 atom stereocenters. The molecule has 0 spiro atoms. The number of alkyl halides is 2. The van der Waals surface area contributed by atoms with Crippen LogP contribution in [0.15, 0.2) is 10.5 Å². The number of aromatic nitrogens is 1. The topological polar surface area (TPSA) is 87.6 Å². The number of nitrogens with two attached hydrogens (primary N) is 1. The molecule has 4 unspecified atom stereocenters. The maximum Gasteiger partial charge on any atom is 0.298 e. The Labute approximate surface area is 231 Å². The van der Waals surface area contributed by atoms with E-state index in [0.29, 0.717) is 17.5 Å². The largest absolute Gasteiger partial charge is 0.423 e. The van der Waals surface area contributed by atoms with Crippen LogP contribution < -0.4 is 16.0 Å². The van der Waals surface area contributed by atoms with Crippen LogP contribution in [0, 0.1) is 17.8 Å². The molecule has 3 fully saturated rings. The summed E-state index contributed by atoms with van der Waals surface area (Å²) in [7, 11) is 0. The van der Waals surface area contributed by atoms with Gasteiger partial charge in [0.25, 0.3) is 11.9 Å². The number of anilines is 1. The molecule has 5 rings (SSSR count). The Bertz CT molecular complexity index is 984. The van der Waals surface area contributed by atoms with E-state index in [1.807, 2.05) is 4.90 Å². The second kappa shape index (κ2) is 13.1. The highest BCUT2D eigenvalue weighted by Gasteiger charge is 2.31. The maximum atomic E-state index is 14.0. The number of hydrogen-bond donors (Lipinski definition) is 2. The fourth-order valence-corrected chi connectivity index (χ4v) is 7.06. The van der Waals surface area contributed by atoms with Gasteiger partial charge < -0.3 is 25.3 Å². The van der Waals surface area contributed by atoms with Gasteiger partial charge in [0.1, 0.15) is 12.3 Å². The predicted octanol–water partition coefficient (Wildman–Crippen LogP) is 5.11. The van der Waals surface area contributed by atoms with Crippen LogP contribution in [0.2, 0.25) is 0 Å². The molecule has 0 radical (unpaired) electrons. The number of nitrogens with one attached hydrogen (secondary N) is 1. The summed E-state index contributed by atoms with van der Waals surface area (Å²) in [6.45, 7) is 8.71. The molecule has 39 heavy (non-hydrogen) atoms. The molecule has 1 saturated carbocycles. The van der Waals surface area contributed by atoms with Gasteiger partial charge in [0.2, 0.25) is 0 Å². The predicted molar refractivity (Wildman–Crippen MR) is 150 cm³/mol. The first-order valence-corrected chi connectivity index (χ1v) is 15.3. The van der Waals surface area contributed by atoms with Crippen molar-refractivity contribution in [1.29, 1.82) is 0 Å². The summed E-state index contributed by atoms with van der Waals surface area (Å²) in [6.07, 6.45) is 9.79. The monoisotopic (exact) mass is 547 g/mol. The van der Waals surface area contributed by atoms with Gasteiger partial charge in [-0.1, -0.05) is 19.8 Å². The smallest absolute Gasteiger partial charge is 0.298 e. The van der Waals surface area contributed by atoms with Gasteiger partial charge in [0.15, 0.2) is 11.5 Å². The van der Waals surface area contributed by atoms with Gasteiger partial charge in [-0.2, -0.15) is 4.98 Å². The Morgan fingerprint density at radius 1 is 1.08 bits per heavy atom. The standard InChI is InChI=1S/C30H47F2N5O2/c1-20-3-2-4-26(15-20)34-19-22-6-11-36(12-7-22)10-5-21-8-13-37(14-9-21)30-35-27(29(33)38)28(39-30)23-16-24(31)18-25(32)17-23/h16,20-22,24-26,34H,2-15,17-19H2,1H3,(H2,33,38). The molecule has 1 aromatic heterocycles. The number of amides is 1. The molecule has 3 N–H and O–H groups in total. The molecule has 0 bridgehead atoms. The normalized spacial score (nSPS) is 29.9. The van der Waals surface area contributed by atoms with Crippen molar-refractivity contribution in [2.45, 2.75) is 95.9 Å². The van der Waals surface area contributed by atoms with Crippen LogP contribution in [0.5, 0.6) is 0 Å². The highest BCUT2D eigenvalue weighted by molar-refractivity contribution is 5.95. The number of hydrogen-bond acceptors (Lipinski definition) is 6. The van der Waals surface area contributed by atoms with Crippen LogP contribution in [0.25, 0.3) is 5.57 Å². The van der Waals surface area contributed by atoms with Crippen LogP contribution >= 0.6 is 0 Å². The van der Waals surface area contributed by atoms with Crippen molar-refractivity contribution >= 4 is 17.5 Å². The number of halogens is 2. The van der Waals surface area contributed by atoms with E-state index in [2.05, 4.69) is 22.1 Å². The first kappa shape index (κ1) is 28.5. The lowest BCUT2D eigenvalue weighted by Crippen LogP contribution is -2.42. The van der Waals surface area contributed by atoms with Gasteiger partial charge in [-0.05, 0) is 101 Å². The minimum atomic E-state index is -1.40. The zero-order valence-corrected chi connectivity index (χ0v) is 23.6. The second-order valence-electron chi connectivity index (χ2n) is 12.7. The van der Waals surface area contributed by atoms with Crippen molar-refractivity contribution in [3.8, 4) is 0 Å². The first-order chi connectivity index (χ1) is 18.8. The fraction of sp³-hybridized carbons (Fsp3) is 0.800. The Hall–Kier alpha value is -2.00. The van der Waals surface area contributed by atoms with Gasteiger partial charge >= 0.3 is 0 Å². The zero-order valence-electron chi connectivity index (χ0n) is 23.6. The summed E-state index contributed by atoms with van der Waals surface area (Å²) >= 11 is 0. The van der Waals surface area contributed by atoms with E-state index in [0.717, 1.165) is 50.4 Å². The fourth-order valence-electron chi connectivity index (χ4n) is 7.06. The van der Waals surface area contributed by atoms with Gasteiger partial charge in [-0.3, -0.25) is 4.79 Å². The third-order valence-electron chi connectivity index (χ3n) is 9.52. The lowest BCUT2D eigenvalue weighted by atomic mass is 9.86. The molecule has 1 aromatic rings. The summed E-state index contributed by atoms with van der Waals surface area (Å²) in [5.74, 6) is 1.72. The Balaban J connectivity index is 1.04. The molecule has 2 saturated heterocycles. The van der Waals surface area contributed by atoms with E-state index in [4.69, 9.17) is 10.2 Å². The minimum Gasteiger partial charge on any atom is -0.423 e. The molecule has 1 amide bonds. The van der Waals surface area contributed by atoms with Crippen LogP contribution in [0.3, 0.4) is 0 Å². The molecule has 2 aliphatic carbocycles. The summed E-state index contributed by atoms with van der Waals surface area (Å²) in [4.78, 5) is 21.0. The lowest BCUT2D eigenvalue weighted by molar-refractivity contribution is 0.0995. The highest BCUT2D eigenvalue weighted by Crippen LogP contribution is 2.35. The molecule has 9 heteroatoms. The highest BCUT2D eigenvalue weighted by atomic mass is 19.1. The van der Waals surface area contributed by atoms with E-state index in [-0.39, 0.29) is 24.3 Å². The number of carbonyl (C=O) groups is 1. The molecule has 4 aliphatic rings. The van der Waals surface area contributed by atoms with E-state index in [1.165, 1.54) is 70.7 Å². The Kier molecular flexibility index (Phi) is 9.59. The molecular weight excluding hydrogens is 500 g/mol. The third kappa shape index (κ3) is 7.60. The van der Waals surface area contributed by atoms with Gasteiger partial charge in [0, 0.05) is 32.0 Å². The van der Waals surface area contributed by atoms with Crippen LogP contribution in [-0.4, -0.2) is 73.4 Å². The molecule has 2 aliphatic heterocycles. The second-order valence-corrected chi connectivity index (χ2v) is 12.7. The summed E-state index contributed by atoms with van der Waals surface area (Å²) in [5, 5.41) is 3.87. The number of primary amides is 1. The minimum absolute atomic E-state index is 0.00492. The van der Waals surface area contributed by atoms with Gasteiger partial charge in [-0.15, -0.1) is 0 Å². The van der Waals surface area contributed by atoms with Gasteiger partial charge in [-0.25, -0.2) is 8.78 Å². The summed E-state index contributed by atoms with van der Waals surface area (Å²) in [5.41, 5.74) is 5.83. The Morgan fingerprint density at radius 2 is 1.82 bits per heavy atom. The number of piperidine rings is 2. The number of likely N-dealkylation sites (tertiary alicyclic amines) is 1. The van der Waals surface area contributed by atoms with Crippen molar-refractivity contribution in [3.63, 3.8) is 0 Å². The van der Waals surface area contributed by atoms with Crippen molar-refractivity contribution in [1.82, 2.24) is 15.2 Å². The lowest BCUT2D eigenvalue weighted by Gasteiger charge is -2.36. The summed E-state index contributed by atoms with van der Waals surface area (Å²) < 4.78 is 33.8.